The van der Waals surface area contributed by atoms with E-state index >= 15 is 0 Å². The lowest BCUT2D eigenvalue weighted by Gasteiger charge is -2.12. The van der Waals surface area contributed by atoms with E-state index in [0.29, 0.717) is 0 Å². The molecule has 2 heteroatoms. The van der Waals surface area contributed by atoms with Crippen LogP contribution in [-0.4, -0.2) is 9.97 Å². The first kappa shape index (κ1) is 32.7. The standard InChI is InChI=1S/C52H36N2/c1-5-15-39(16-6-1)49-33-47(34-50(53-49)40-17-7-2-8-18-40)38-29-27-37(28-30-38)43-23-13-24-44(31-43)45-25-14-26-46(32-45)48-35-51(41-19-9-3-10-20-41)54-52(36-48)42-21-11-4-12-22-42/h1-36H. The van der Waals surface area contributed by atoms with Gasteiger partial charge in [0.15, 0.2) is 0 Å². The van der Waals surface area contributed by atoms with E-state index in [9.17, 15) is 0 Å². The lowest BCUT2D eigenvalue weighted by Crippen LogP contribution is -1.91. The van der Waals surface area contributed by atoms with E-state index in [1.165, 1.54) is 22.3 Å². The average Bonchev–Trinajstić information content (AvgIpc) is 3.27. The zero-order valence-corrected chi connectivity index (χ0v) is 29.7. The molecule has 2 aromatic heterocycles. The van der Waals surface area contributed by atoms with Crippen molar-refractivity contribution in [3.63, 3.8) is 0 Å². The second-order valence-electron chi connectivity index (χ2n) is 13.5. The van der Waals surface area contributed by atoms with Crippen LogP contribution >= 0.6 is 0 Å². The van der Waals surface area contributed by atoms with Gasteiger partial charge < -0.3 is 0 Å². The Morgan fingerprint density at radius 1 is 0.167 bits per heavy atom. The van der Waals surface area contributed by atoms with Gasteiger partial charge in [0.25, 0.3) is 0 Å². The summed E-state index contributed by atoms with van der Waals surface area (Å²) in [5.74, 6) is 0. The SMILES string of the molecule is c1ccc(-c2cc(-c3ccc(-c4cccc(-c5cccc(-c6cc(-c7ccccc7)nc(-c7ccccc7)c6)c5)c4)cc3)cc(-c3ccccc3)n2)cc1. The molecule has 0 aliphatic heterocycles. The van der Waals surface area contributed by atoms with Crippen LogP contribution < -0.4 is 0 Å². The number of aromatic nitrogens is 2. The highest BCUT2D eigenvalue weighted by Crippen LogP contribution is 2.35. The van der Waals surface area contributed by atoms with Gasteiger partial charge in [-0.25, -0.2) is 9.97 Å². The summed E-state index contributed by atoms with van der Waals surface area (Å²) in [6.45, 7) is 0. The van der Waals surface area contributed by atoms with Gasteiger partial charge in [0.1, 0.15) is 0 Å². The number of benzene rings is 7. The first-order chi connectivity index (χ1) is 26.7. The summed E-state index contributed by atoms with van der Waals surface area (Å²) in [4.78, 5) is 10.1. The number of hydrogen-bond donors (Lipinski definition) is 0. The van der Waals surface area contributed by atoms with Gasteiger partial charge in [-0.15, -0.1) is 0 Å². The maximum atomic E-state index is 5.08. The molecule has 2 nitrogen and oxygen atoms in total. The Morgan fingerprint density at radius 2 is 0.407 bits per heavy atom. The summed E-state index contributed by atoms with van der Waals surface area (Å²) in [7, 11) is 0. The van der Waals surface area contributed by atoms with Crippen molar-refractivity contribution in [3.05, 3.63) is 218 Å². The molecular weight excluding hydrogens is 653 g/mol. The van der Waals surface area contributed by atoms with E-state index in [1.807, 2.05) is 24.3 Å². The largest absolute Gasteiger partial charge is 0.248 e. The van der Waals surface area contributed by atoms with E-state index < -0.39 is 0 Å². The summed E-state index contributed by atoms with van der Waals surface area (Å²) in [5, 5.41) is 0. The maximum Gasteiger partial charge on any atom is 0.0715 e. The number of pyridine rings is 2. The van der Waals surface area contributed by atoms with Gasteiger partial charge in [0.2, 0.25) is 0 Å². The van der Waals surface area contributed by atoms with Crippen LogP contribution in [0, 0.1) is 0 Å². The van der Waals surface area contributed by atoms with E-state index in [-0.39, 0.29) is 0 Å². The molecule has 254 valence electrons. The minimum Gasteiger partial charge on any atom is -0.248 e. The molecule has 0 unspecified atom stereocenters. The molecule has 0 fully saturated rings. The summed E-state index contributed by atoms with van der Waals surface area (Å²) in [5.41, 5.74) is 17.5. The number of hydrogen-bond acceptors (Lipinski definition) is 2. The van der Waals surface area contributed by atoms with Gasteiger partial charge in [-0.3, -0.25) is 0 Å². The van der Waals surface area contributed by atoms with Gasteiger partial charge in [-0.2, -0.15) is 0 Å². The van der Waals surface area contributed by atoms with Crippen LogP contribution in [-0.2, 0) is 0 Å². The third-order valence-electron chi connectivity index (χ3n) is 9.87. The molecule has 0 aliphatic carbocycles. The van der Waals surface area contributed by atoms with E-state index in [2.05, 4.69) is 194 Å². The molecule has 0 saturated carbocycles. The van der Waals surface area contributed by atoms with Gasteiger partial charge in [-0.05, 0) is 80.9 Å². The Labute approximate surface area is 316 Å². The molecule has 0 saturated heterocycles. The van der Waals surface area contributed by atoms with Gasteiger partial charge in [-0.1, -0.05) is 182 Å². The third-order valence-corrected chi connectivity index (χ3v) is 9.87. The number of rotatable bonds is 8. The molecule has 0 aliphatic rings. The molecule has 0 atom stereocenters. The minimum atomic E-state index is 0.960. The highest BCUT2D eigenvalue weighted by Gasteiger charge is 2.12. The molecule has 0 N–H and O–H groups in total. The van der Waals surface area contributed by atoms with E-state index in [0.717, 1.165) is 67.3 Å². The van der Waals surface area contributed by atoms with Gasteiger partial charge >= 0.3 is 0 Å². The fraction of sp³-hybridized carbons (Fsp3) is 0. The first-order valence-electron chi connectivity index (χ1n) is 18.3. The molecule has 2 heterocycles. The highest BCUT2D eigenvalue weighted by molar-refractivity contribution is 5.82. The predicted molar refractivity (Wildman–Crippen MR) is 226 cm³/mol. The van der Waals surface area contributed by atoms with Crippen LogP contribution in [0.2, 0.25) is 0 Å². The number of nitrogens with zero attached hydrogens (tertiary/aromatic N) is 2. The van der Waals surface area contributed by atoms with Crippen LogP contribution in [0.5, 0.6) is 0 Å². The average molecular weight is 689 g/mol. The topological polar surface area (TPSA) is 25.8 Å². The fourth-order valence-corrected chi connectivity index (χ4v) is 7.03. The van der Waals surface area contributed by atoms with Crippen molar-refractivity contribution in [2.75, 3.05) is 0 Å². The monoisotopic (exact) mass is 688 g/mol. The van der Waals surface area contributed by atoms with Crippen molar-refractivity contribution in [1.82, 2.24) is 9.97 Å². The predicted octanol–water partition coefficient (Wildman–Crippen LogP) is 13.8. The highest BCUT2D eigenvalue weighted by atomic mass is 14.7. The van der Waals surface area contributed by atoms with E-state index in [1.54, 1.807) is 0 Å². The Kier molecular flexibility index (Phi) is 8.99. The summed E-state index contributed by atoms with van der Waals surface area (Å²) in [6.07, 6.45) is 0. The Bertz CT molecular complexity index is 2550. The molecular formula is C52H36N2. The zero-order chi connectivity index (χ0) is 36.1. The van der Waals surface area contributed by atoms with Crippen LogP contribution in [0.4, 0.5) is 0 Å². The molecule has 9 rings (SSSR count). The maximum absolute atomic E-state index is 5.08. The van der Waals surface area contributed by atoms with Crippen molar-refractivity contribution in [2.45, 2.75) is 0 Å². The van der Waals surface area contributed by atoms with E-state index in [4.69, 9.17) is 9.97 Å². The Balaban J connectivity index is 1.04. The second-order valence-corrected chi connectivity index (χ2v) is 13.5. The molecule has 0 amide bonds. The quantitative estimate of drug-likeness (QED) is 0.159. The fourth-order valence-electron chi connectivity index (χ4n) is 7.03. The first-order valence-corrected chi connectivity index (χ1v) is 18.3. The van der Waals surface area contributed by atoms with Gasteiger partial charge in [0, 0.05) is 22.3 Å². The lowest BCUT2D eigenvalue weighted by atomic mass is 9.94. The molecule has 9 aromatic rings. The molecule has 0 bridgehead atoms. The van der Waals surface area contributed by atoms with Crippen molar-refractivity contribution < 1.29 is 0 Å². The van der Waals surface area contributed by atoms with Crippen LogP contribution in [0.1, 0.15) is 0 Å². The van der Waals surface area contributed by atoms with Crippen LogP contribution in [0.25, 0.3) is 89.5 Å². The van der Waals surface area contributed by atoms with Crippen molar-refractivity contribution in [3.8, 4) is 89.5 Å². The summed E-state index contributed by atoms with van der Waals surface area (Å²) < 4.78 is 0. The molecule has 7 aromatic carbocycles. The molecule has 0 spiro atoms. The van der Waals surface area contributed by atoms with Crippen molar-refractivity contribution in [1.29, 1.82) is 0 Å². The summed E-state index contributed by atoms with van der Waals surface area (Å²) in [6, 6.07) is 77.0. The van der Waals surface area contributed by atoms with Crippen molar-refractivity contribution >= 4 is 0 Å². The second kappa shape index (κ2) is 14.8. The lowest BCUT2D eigenvalue weighted by molar-refractivity contribution is 1.32. The molecule has 54 heavy (non-hydrogen) atoms. The van der Waals surface area contributed by atoms with Crippen molar-refractivity contribution in [2.24, 2.45) is 0 Å². The minimum absolute atomic E-state index is 0.960. The summed E-state index contributed by atoms with van der Waals surface area (Å²) >= 11 is 0. The zero-order valence-electron chi connectivity index (χ0n) is 29.7. The smallest absolute Gasteiger partial charge is 0.0715 e. The third kappa shape index (κ3) is 7.01. The normalized spacial score (nSPS) is 11.0. The van der Waals surface area contributed by atoms with Gasteiger partial charge in [0.05, 0.1) is 22.8 Å². The van der Waals surface area contributed by atoms with Crippen LogP contribution in [0.15, 0.2) is 218 Å². The Morgan fingerprint density at radius 3 is 0.741 bits per heavy atom. The Hall–Kier alpha value is -7.16. The van der Waals surface area contributed by atoms with Crippen LogP contribution in [0.3, 0.4) is 0 Å². The molecule has 0 radical (unpaired) electrons.